The molecule has 1 amide bonds. The average molecular weight is 233 g/mol. The van der Waals surface area contributed by atoms with Gasteiger partial charge < -0.3 is 5.73 Å². The highest BCUT2D eigenvalue weighted by molar-refractivity contribution is 7.90. The van der Waals surface area contributed by atoms with E-state index in [0.29, 0.717) is 0 Å². The van der Waals surface area contributed by atoms with Crippen LogP contribution in [0.1, 0.15) is 26.7 Å². The molecule has 0 aromatic rings. The maximum Gasteiger partial charge on any atom is 0.228 e. The van der Waals surface area contributed by atoms with Crippen LogP contribution in [-0.2, 0) is 14.8 Å². The van der Waals surface area contributed by atoms with Gasteiger partial charge in [0, 0.05) is 12.5 Å². The Balaban J connectivity index is 4.52. The maximum absolute atomic E-state index is 11.5. The summed E-state index contributed by atoms with van der Waals surface area (Å²) in [6.07, 6.45) is 0.121. The van der Waals surface area contributed by atoms with E-state index in [0.717, 1.165) is 0 Å². The van der Waals surface area contributed by atoms with E-state index < -0.39 is 27.2 Å². The summed E-state index contributed by atoms with van der Waals surface area (Å²) < 4.78 is 25.2. The lowest BCUT2D eigenvalue weighted by Crippen LogP contribution is -2.40. The first-order valence-corrected chi connectivity index (χ1v) is 6.07. The number of nitrogens with zero attached hydrogens (tertiary/aromatic N) is 1. The smallest absolute Gasteiger partial charge is 0.228 e. The standard InChI is InChI=1S/C8H15N3O3S/c1-3-7(5-9)15(13,14)11-6(2)4-8(10)12/h6-7,11H,3-4H2,1-2H3,(H2,10,12). The lowest BCUT2D eigenvalue weighted by molar-refractivity contribution is -0.118. The third-order valence-corrected chi connectivity index (χ3v) is 3.68. The molecule has 86 valence electrons. The predicted octanol–water partition coefficient (Wildman–Crippen LogP) is -0.528. The highest BCUT2D eigenvalue weighted by atomic mass is 32.2. The van der Waals surface area contributed by atoms with Crippen LogP contribution in [0.5, 0.6) is 0 Å². The van der Waals surface area contributed by atoms with Crippen LogP contribution >= 0.6 is 0 Å². The number of nitrogens with one attached hydrogen (secondary N) is 1. The molecule has 2 unspecified atom stereocenters. The second-order valence-corrected chi connectivity index (χ2v) is 5.16. The monoisotopic (exact) mass is 233 g/mol. The quantitative estimate of drug-likeness (QED) is 0.642. The summed E-state index contributed by atoms with van der Waals surface area (Å²) in [5.74, 6) is -0.588. The number of hydrogen-bond acceptors (Lipinski definition) is 4. The van der Waals surface area contributed by atoms with Crippen molar-refractivity contribution in [1.82, 2.24) is 4.72 Å². The molecule has 3 N–H and O–H groups in total. The lowest BCUT2D eigenvalue weighted by atomic mass is 10.2. The van der Waals surface area contributed by atoms with E-state index in [4.69, 9.17) is 11.0 Å². The summed E-state index contributed by atoms with van der Waals surface area (Å²) in [6.45, 7) is 3.12. The van der Waals surface area contributed by atoms with E-state index in [1.807, 2.05) is 0 Å². The van der Waals surface area contributed by atoms with Crippen molar-refractivity contribution in [3.05, 3.63) is 0 Å². The summed E-state index contributed by atoms with van der Waals surface area (Å²) in [6, 6.07) is 1.10. The summed E-state index contributed by atoms with van der Waals surface area (Å²) >= 11 is 0. The van der Waals surface area contributed by atoms with Gasteiger partial charge in [-0.1, -0.05) is 6.92 Å². The Labute approximate surface area is 89.5 Å². The van der Waals surface area contributed by atoms with Crippen molar-refractivity contribution in [3.63, 3.8) is 0 Å². The van der Waals surface area contributed by atoms with Crippen LogP contribution in [0.3, 0.4) is 0 Å². The molecule has 0 heterocycles. The number of carbonyl (C=O) groups is 1. The number of carbonyl (C=O) groups excluding carboxylic acids is 1. The van der Waals surface area contributed by atoms with E-state index in [-0.39, 0.29) is 12.8 Å². The molecular formula is C8H15N3O3S. The SMILES string of the molecule is CCC(C#N)S(=O)(=O)NC(C)CC(N)=O. The molecule has 0 fully saturated rings. The predicted molar refractivity (Wildman–Crippen MR) is 55.0 cm³/mol. The molecular weight excluding hydrogens is 218 g/mol. The molecule has 2 atom stereocenters. The van der Waals surface area contributed by atoms with E-state index in [9.17, 15) is 13.2 Å². The third kappa shape index (κ3) is 4.76. The van der Waals surface area contributed by atoms with E-state index in [1.165, 1.54) is 6.92 Å². The van der Waals surface area contributed by atoms with Crippen molar-refractivity contribution < 1.29 is 13.2 Å². The van der Waals surface area contributed by atoms with Gasteiger partial charge in [-0.2, -0.15) is 5.26 Å². The minimum absolute atomic E-state index is 0.0822. The van der Waals surface area contributed by atoms with Gasteiger partial charge in [-0.05, 0) is 13.3 Å². The second-order valence-electron chi connectivity index (χ2n) is 3.26. The largest absolute Gasteiger partial charge is 0.370 e. The Hall–Kier alpha value is -1.13. The van der Waals surface area contributed by atoms with Crippen molar-refractivity contribution in [2.45, 2.75) is 38.0 Å². The number of rotatable bonds is 6. The maximum atomic E-state index is 11.5. The van der Waals surface area contributed by atoms with Crippen LogP contribution in [0.25, 0.3) is 0 Å². The number of sulfonamides is 1. The normalized spacial score (nSPS) is 15.3. The fourth-order valence-electron chi connectivity index (χ4n) is 1.09. The zero-order chi connectivity index (χ0) is 12.1. The molecule has 0 bridgehead atoms. The number of primary amides is 1. The van der Waals surface area contributed by atoms with Crippen LogP contribution in [-0.4, -0.2) is 25.6 Å². The molecule has 0 aliphatic carbocycles. The Morgan fingerprint density at radius 1 is 1.60 bits per heavy atom. The van der Waals surface area contributed by atoms with Crippen molar-refractivity contribution in [2.24, 2.45) is 5.73 Å². The third-order valence-electron chi connectivity index (χ3n) is 1.76. The summed E-state index contributed by atoms with van der Waals surface area (Å²) in [5, 5.41) is 7.51. The molecule has 0 aliphatic heterocycles. The van der Waals surface area contributed by atoms with Crippen molar-refractivity contribution in [3.8, 4) is 6.07 Å². The molecule has 0 saturated carbocycles. The van der Waals surface area contributed by atoms with E-state index >= 15 is 0 Å². The van der Waals surface area contributed by atoms with Crippen LogP contribution in [0.4, 0.5) is 0 Å². The fraction of sp³-hybridized carbons (Fsp3) is 0.750. The summed E-state index contributed by atoms with van der Waals surface area (Å²) in [5.41, 5.74) is 4.91. The topological polar surface area (TPSA) is 113 Å². The Bertz CT molecular complexity index is 358. The van der Waals surface area contributed by atoms with Gasteiger partial charge in [0.1, 0.15) is 0 Å². The molecule has 7 heteroatoms. The Morgan fingerprint density at radius 2 is 2.13 bits per heavy atom. The van der Waals surface area contributed by atoms with Crippen molar-refractivity contribution >= 4 is 15.9 Å². The van der Waals surface area contributed by atoms with Gasteiger partial charge in [-0.25, -0.2) is 13.1 Å². The number of hydrogen-bond donors (Lipinski definition) is 2. The highest BCUT2D eigenvalue weighted by Crippen LogP contribution is 2.04. The molecule has 6 nitrogen and oxygen atoms in total. The van der Waals surface area contributed by atoms with Crippen LogP contribution < -0.4 is 10.5 Å². The van der Waals surface area contributed by atoms with E-state index in [2.05, 4.69) is 4.72 Å². The number of nitrogens with two attached hydrogens (primary N) is 1. The summed E-state index contributed by atoms with van der Waals surface area (Å²) in [7, 11) is -3.69. The molecule has 0 rings (SSSR count). The van der Waals surface area contributed by atoms with Crippen LogP contribution in [0.15, 0.2) is 0 Å². The van der Waals surface area contributed by atoms with Gasteiger partial charge in [0.25, 0.3) is 0 Å². The first-order chi connectivity index (χ1) is 6.83. The zero-order valence-electron chi connectivity index (χ0n) is 8.73. The molecule has 0 radical (unpaired) electrons. The van der Waals surface area contributed by atoms with Crippen LogP contribution in [0, 0.1) is 11.3 Å². The summed E-state index contributed by atoms with van der Waals surface area (Å²) in [4.78, 5) is 10.5. The Kier molecular flexibility index (Phi) is 5.25. The zero-order valence-corrected chi connectivity index (χ0v) is 9.54. The van der Waals surface area contributed by atoms with Gasteiger partial charge in [-0.15, -0.1) is 0 Å². The van der Waals surface area contributed by atoms with Crippen molar-refractivity contribution in [1.29, 1.82) is 5.26 Å². The Morgan fingerprint density at radius 3 is 2.47 bits per heavy atom. The second kappa shape index (κ2) is 5.68. The van der Waals surface area contributed by atoms with E-state index in [1.54, 1.807) is 13.0 Å². The average Bonchev–Trinajstić information content (AvgIpc) is 2.02. The van der Waals surface area contributed by atoms with Gasteiger partial charge >= 0.3 is 0 Å². The van der Waals surface area contributed by atoms with Crippen LogP contribution in [0.2, 0.25) is 0 Å². The molecule has 0 spiro atoms. The molecule has 0 aromatic carbocycles. The lowest BCUT2D eigenvalue weighted by Gasteiger charge is -2.14. The highest BCUT2D eigenvalue weighted by Gasteiger charge is 2.25. The molecule has 0 aromatic heterocycles. The minimum Gasteiger partial charge on any atom is -0.370 e. The van der Waals surface area contributed by atoms with Gasteiger partial charge in [0.15, 0.2) is 5.25 Å². The van der Waals surface area contributed by atoms with Crippen molar-refractivity contribution in [2.75, 3.05) is 0 Å². The molecule has 0 saturated heterocycles. The number of amides is 1. The fourth-order valence-corrected chi connectivity index (χ4v) is 2.47. The van der Waals surface area contributed by atoms with Gasteiger partial charge in [0.2, 0.25) is 15.9 Å². The first kappa shape index (κ1) is 13.9. The van der Waals surface area contributed by atoms with Gasteiger partial charge in [0.05, 0.1) is 6.07 Å². The number of nitriles is 1. The molecule has 0 aliphatic rings. The first-order valence-electron chi connectivity index (χ1n) is 4.52. The molecule has 15 heavy (non-hydrogen) atoms. The minimum atomic E-state index is -3.69. The van der Waals surface area contributed by atoms with Gasteiger partial charge in [-0.3, -0.25) is 4.79 Å².